The number of hydrogen-bond acceptors (Lipinski definition) is 4. The highest BCUT2D eigenvalue weighted by atomic mass is 19.3. The molecule has 1 aromatic carbocycles. The van der Waals surface area contributed by atoms with Crippen LogP contribution in [0, 0.1) is 6.92 Å². The van der Waals surface area contributed by atoms with Crippen LogP contribution in [-0.4, -0.2) is 26.3 Å². The van der Waals surface area contributed by atoms with Crippen LogP contribution in [0.4, 0.5) is 14.5 Å². The number of amides is 1. The van der Waals surface area contributed by atoms with Gasteiger partial charge in [-0.3, -0.25) is 14.7 Å². The number of nitrogens with zero attached hydrogens (tertiary/aromatic N) is 2. The third kappa shape index (κ3) is 3.60. The number of halogens is 2. The van der Waals surface area contributed by atoms with Gasteiger partial charge in [-0.2, -0.15) is 10.2 Å². The Morgan fingerprint density at radius 3 is 2.56 bits per heavy atom. The van der Waals surface area contributed by atoms with E-state index in [-0.39, 0.29) is 11.3 Å². The summed E-state index contributed by atoms with van der Waals surface area (Å²) in [5.74, 6) is -0.613. The smallest absolute Gasteiger partial charge is 0.279 e. The predicted octanol–water partition coefficient (Wildman–Crippen LogP) is 2.66. The number of carbonyl (C=O) groups is 1. The molecule has 7 nitrogen and oxygen atoms in total. The molecule has 0 bridgehead atoms. The Balaban J connectivity index is 1.86. The third-order valence-electron chi connectivity index (χ3n) is 3.53. The number of hydrogen-bond donors (Lipinski definition) is 3. The maximum absolute atomic E-state index is 12.6. The average Bonchev–Trinajstić information content (AvgIpc) is 3.08. The third-order valence-corrected chi connectivity index (χ3v) is 3.53. The molecule has 2 aromatic heterocycles. The first kappa shape index (κ1) is 16.5. The number of nitrogens with one attached hydrogen (secondary N) is 3. The molecule has 0 spiro atoms. The highest BCUT2D eigenvalue weighted by Gasteiger charge is 2.16. The number of aryl methyl sites for hydroxylation is 1. The van der Waals surface area contributed by atoms with E-state index in [4.69, 9.17) is 0 Å². The monoisotopic (exact) mass is 345 g/mol. The first-order valence-corrected chi connectivity index (χ1v) is 7.25. The summed E-state index contributed by atoms with van der Waals surface area (Å²) < 4.78 is 25.1. The Hall–Kier alpha value is -3.36. The largest absolute Gasteiger partial charge is 0.320 e. The lowest BCUT2D eigenvalue weighted by Gasteiger charge is -2.09. The standard InChI is InChI=1S/C16H13F2N5O2/c1-8-2-3-9(10-4-5-14(24)23-20-10)6-11(8)19-16(25)13-7-12(15(17)18)21-22-13/h2-7,15H,1H3,(H,19,25)(H,21,22)(H,23,24). The predicted molar refractivity (Wildman–Crippen MR) is 86.5 cm³/mol. The van der Waals surface area contributed by atoms with Crippen LogP contribution >= 0.6 is 0 Å². The van der Waals surface area contributed by atoms with Crippen molar-refractivity contribution in [2.75, 3.05) is 5.32 Å². The molecule has 0 aliphatic rings. The maximum Gasteiger partial charge on any atom is 0.279 e. The van der Waals surface area contributed by atoms with E-state index in [9.17, 15) is 18.4 Å². The van der Waals surface area contributed by atoms with Gasteiger partial charge in [-0.15, -0.1) is 0 Å². The fraction of sp³-hybridized carbons (Fsp3) is 0.125. The lowest BCUT2D eigenvalue weighted by molar-refractivity contribution is 0.102. The van der Waals surface area contributed by atoms with Crippen molar-refractivity contribution >= 4 is 11.6 Å². The number of rotatable bonds is 4. The molecule has 2 heterocycles. The van der Waals surface area contributed by atoms with Gasteiger partial charge in [0, 0.05) is 17.3 Å². The summed E-state index contributed by atoms with van der Waals surface area (Å²) in [5, 5.41) is 14.6. The molecular weight excluding hydrogens is 332 g/mol. The summed E-state index contributed by atoms with van der Waals surface area (Å²) in [5.41, 5.74) is 1.57. The van der Waals surface area contributed by atoms with Crippen molar-refractivity contribution < 1.29 is 13.6 Å². The number of aromatic amines is 2. The summed E-state index contributed by atoms with van der Waals surface area (Å²) in [6.45, 7) is 1.79. The molecule has 9 heteroatoms. The lowest BCUT2D eigenvalue weighted by Crippen LogP contribution is -2.13. The first-order valence-electron chi connectivity index (χ1n) is 7.25. The molecule has 1 amide bonds. The number of anilines is 1. The lowest BCUT2D eigenvalue weighted by atomic mass is 10.1. The second kappa shape index (κ2) is 6.63. The van der Waals surface area contributed by atoms with E-state index < -0.39 is 18.0 Å². The fourth-order valence-electron chi connectivity index (χ4n) is 2.17. The number of aromatic nitrogens is 4. The molecule has 3 aromatic rings. The molecule has 0 unspecified atom stereocenters. The second-order valence-corrected chi connectivity index (χ2v) is 5.30. The van der Waals surface area contributed by atoms with E-state index in [0.717, 1.165) is 11.6 Å². The van der Waals surface area contributed by atoms with Gasteiger partial charge in [0.15, 0.2) is 5.69 Å². The fourth-order valence-corrected chi connectivity index (χ4v) is 2.17. The van der Waals surface area contributed by atoms with Crippen LogP contribution in [0.5, 0.6) is 0 Å². The SMILES string of the molecule is Cc1ccc(-c2ccc(=O)[nH]n2)cc1NC(=O)c1cc(C(F)F)[nH]n1. The van der Waals surface area contributed by atoms with Crippen LogP contribution < -0.4 is 10.9 Å². The Morgan fingerprint density at radius 2 is 1.92 bits per heavy atom. The van der Waals surface area contributed by atoms with Crippen molar-refractivity contribution in [1.29, 1.82) is 0 Å². The molecule has 25 heavy (non-hydrogen) atoms. The number of H-pyrrole nitrogens is 2. The Kier molecular flexibility index (Phi) is 4.38. The van der Waals surface area contributed by atoms with Crippen LogP contribution in [-0.2, 0) is 0 Å². The summed E-state index contributed by atoms with van der Waals surface area (Å²) in [6, 6.07) is 9.13. The van der Waals surface area contributed by atoms with Crippen molar-refractivity contribution in [1.82, 2.24) is 20.4 Å². The van der Waals surface area contributed by atoms with E-state index in [2.05, 4.69) is 25.7 Å². The van der Waals surface area contributed by atoms with Gasteiger partial charge in [0.05, 0.1) is 5.69 Å². The van der Waals surface area contributed by atoms with Gasteiger partial charge in [0.2, 0.25) is 0 Å². The van der Waals surface area contributed by atoms with Crippen LogP contribution in [0.2, 0.25) is 0 Å². The van der Waals surface area contributed by atoms with E-state index in [1.54, 1.807) is 31.2 Å². The zero-order valence-electron chi connectivity index (χ0n) is 13.0. The van der Waals surface area contributed by atoms with Gasteiger partial charge < -0.3 is 5.32 Å². The Morgan fingerprint density at radius 1 is 1.12 bits per heavy atom. The van der Waals surface area contributed by atoms with E-state index in [0.29, 0.717) is 16.9 Å². The van der Waals surface area contributed by atoms with E-state index in [1.165, 1.54) is 6.07 Å². The van der Waals surface area contributed by atoms with Gasteiger partial charge in [-0.25, -0.2) is 13.9 Å². The molecule has 0 saturated carbocycles. The summed E-state index contributed by atoms with van der Waals surface area (Å²) in [6.07, 6.45) is -2.73. The minimum Gasteiger partial charge on any atom is -0.320 e. The van der Waals surface area contributed by atoms with Crippen molar-refractivity contribution in [3.05, 3.63) is 63.7 Å². The molecule has 0 fully saturated rings. The van der Waals surface area contributed by atoms with E-state index in [1.807, 2.05) is 0 Å². The molecule has 0 saturated heterocycles. The normalized spacial score (nSPS) is 10.9. The molecule has 0 aliphatic carbocycles. The van der Waals surface area contributed by atoms with Crippen molar-refractivity contribution in [2.24, 2.45) is 0 Å². The van der Waals surface area contributed by atoms with Gasteiger partial charge in [-0.1, -0.05) is 12.1 Å². The van der Waals surface area contributed by atoms with Gasteiger partial charge >= 0.3 is 0 Å². The Bertz CT molecular complexity index is 960. The van der Waals surface area contributed by atoms with Crippen molar-refractivity contribution in [3.8, 4) is 11.3 Å². The summed E-state index contributed by atoms with van der Waals surface area (Å²) in [4.78, 5) is 23.3. The zero-order chi connectivity index (χ0) is 18.0. The average molecular weight is 345 g/mol. The molecule has 128 valence electrons. The topological polar surface area (TPSA) is 104 Å². The maximum atomic E-state index is 12.6. The highest BCUT2D eigenvalue weighted by Crippen LogP contribution is 2.24. The van der Waals surface area contributed by atoms with Crippen LogP contribution in [0.1, 0.15) is 28.2 Å². The van der Waals surface area contributed by atoms with Gasteiger partial charge in [0.1, 0.15) is 5.69 Å². The molecular formula is C16H13F2N5O2. The number of carbonyl (C=O) groups excluding carboxylic acids is 1. The van der Waals surface area contributed by atoms with Crippen LogP contribution in [0.3, 0.4) is 0 Å². The van der Waals surface area contributed by atoms with E-state index >= 15 is 0 Å². The molecule has 3 N–H and O–H groups in total. The Labute approximate surface area is 140 Å². The summed E-state index contributed by atoms with van der Waals surface area (Å²) in [7, 11) is 0. The quantitative estimate of drug-likeness (QED) is 0.676. The van der Waals surface area contributed by atoms with Crippen LogP contribution in [0.15, 0.2) is 41.2 Å². The first-order chi connectivity index (χ1) is 11.9. The summed E-state index contributed by atoms with van der Waals surface area (Å²) >= 11 is 0. The molecule has 0 radical (unpaired) electrons. The van der Waals surface area contributed by atoms with Crippen molar-refractivity contribution in [2.45, 2.75) is 13.3 Å². The zero-order valence-corrected chi connectivity index (χ0v) is 13.0. The number of alkyl halides is 2. The minimum absolute atomic E-state index is 0.137. The number of benzene rings is 1. The molecule has 0 atom stereocenters. The van der Waals surface area contributed by atoms with Gasteiger partial charge in [-0.05, 0) is 30.7 Å². The molecule has 3 rings (SSSR count). The molecule has 0 aliphatic heterocycles. The van der Waals surface area contributed by atoms with Gasteiger partial charge in [0.25, 0.3) is 17.9 Å². The van der Waals surface area contributed by atoms with Crippen molar-refractivity contribution in [3.63, 3.8) is 0 Å². The minimum atomic E-state index is -2.73. The van der Waals surface area contributed by atoms with Crippen LogP contribution in [0.25, 0.3) is 11.3 Å². The highest BCUT2D eigenvalue weighted by molar-refractivity contribution is 6.03. The second-order valence-electron chi connectivity index (χ2n) is 5.30.